The van der Waals surface area contributed by atoms with E-state index in [0.717, 1.165) is 24.2 Å². The Morgan fingerprint density at radius 1 is 1.14 bits per heavy atom. The van der Waals surface area contributed by atoms with Gasteiger partial charge in [0.15, 0.2) is 5.82 Å². The van der Waals surface area contributed by atoms with Crippen LogP contribution < -0.4 is 5.32 Å². The molecule has 0 spiro atoms. The van der Waals surface area contributed by atoms with Gasteiger partial charge in [0.25, 0.3) is 0 Å². The fraction of sp³-hybridized carbons (Fsp3) is 0.529. The van der Waals surface area contributed by atoms with Gasteiger partial charge in [0.1, 0.15) is 6.33 Å². The van der Waals surface area contributed by atoms with Gasteiger partial charge in [-0.05, 0) is 48.6 Å². The maximum absolute atomic E-state index is 4.37. The minimum Gasteiger partial charge on any atom is -0.306 e. The van der Waals surface area contributed by atoms with Gasteiger partial charge in [0.2, 0.25) is 0 Å². The third-order valence-corrected chi connectivity index (χ3v) is 5.15. The van der Waals surface area contributed by atoms with Gasteiger partial charge in [-0.15, -0.1) is 0 Å². The van der Waals surface area contributed by atoms with Crippen LogP contribution in [0.1, 0.15) is 29.8 Å². The van der Waals surface area contributed by atoms with Gasteiger partial charge >= 0.3 is 0 Å². The average Bonchev–Trinajstić information content (AvgIpc) is 2.99. The number of hydrogen-bond donors (Lipinski definition) is 1. The van der Waals surface area contributed by atoms with Crippen molar-refractivity contribution in [2.24, 2.45) is 18.9 Å². The molecule has 1 saturated carbocycles. The summed E-state index contributed by atoms with van der Waals surface area (Å²) in [6.45, 7) is 0.787. The summed E-state index contributed by atoms with van der Waals surface area (Å²) in [5, 5.41) is 8.12. The van der Waals surface area contributed by atoms with Crippen LogP contribution in [0.4, 0.5) is 0 Å². The number of nitrogens with one attached hydrogen (secondary N) is 1. The first kappa shape index (κ1) is 13.0. The van der Waals surface area contributed by atoms with Crippen molar-refractivity contribution in [2.45, 2.75) is 38.3 Å². The largest absolute Gasteiger partial charge is 0.306 e. The number of benzene rings is 1. The highest BCUT2D eigenvalue weighted by atomic mass is 15.3. The summed E-state index contributed by atoms with van der Waals surface area (Å²) < 4.78 is 1.77. The number of fused-ring (bicyclic) bond motifs is 3. The smallest absolute Gasteiger partial charge is 0.164 e. The number of aryl methyl sites for hydroxylation is 1. The zero-order chi connectivity index (χ0) is 14.2. The fourth-order valence-electron chi connectivity index (χ4n) is 4.16. The van der Waals surface area contributed by atoms with Crippen LogP contribution in [0.25, 0.3) is 0 Å². The molecule has 21 heavy (non-hydrogen) atoms. The summed E-state index contributed by atoms with van der Waals surface area (Å²) in [5.74, 6) is 2.43. The third kappa shape index (κ3) is 2.48. The molecule has 1 aromatic carbocycles. The lowest BCUT2D eigenvalue weighted by Crippen LogP contribution is -2.37. The molecule has 1 heterocycles. The first-order valence-corrected chi connectivity index (χ1v) is 7.94. The van der Waals surface area contributed by atoms with Gasteiger partial charge < -0.3 is 5.32 Å². The standard InChI is InChI=1S/C17H22N4/c1-21-11-19-16(20-21)10-18-17-14-6-7-15(17)9-13-5-3-2-4-12(13)8-14/h2-5,11,14-15,17-18H,6-10H2,1H3. The van der Waals surface area contributed by atoms with Crippen LogP contribution in [0, 0.1) is 11.8 Å². The summed E-state index contributed by atoms with van der Waals surface area (Å²) in [6, 6.07) is 9.60. The van der Waals surface area contributed by atoms with Gasteiger partial charge in [-0.2, -0.15) is 5.10 Å². The van der Waals surface area contributed by atoms with Crippen LogP contribution in [0.5, 0.6) is 0 Å². The molecule has 0 saturated heterocycles. The Hall–Kier alpha value is -1.68. The zero-order valence-electron chi connectivity index (χ0n) is 12.5. The molecule has 0 radical (unpaired) electrons. The van der Waals surface area contributed by atoms with Gasteiger partial charge in [-0.25, -0.2) is 4.98 Å². The van der Waals surface area contributed by atoms with E-state index < -0.39 is 0 Å². The van der Waals surface area contributed by atoms with Gasteiger partial charge in [0.05, 0.1) is 6.54 Å². The molecule has 2 aromatic rings. The number of aromatic nitrogens is 3. The summed E-state index contributed by atoms with van der Waals surface area (Å²) in [5.41, 5.74) is 3.12. The minimum absolute atomic E-state index is 0.612. The molecule has 0 aliphatic heterocycles. The van der Waals surface area contributed by atoms with Crippen LogP contribution in [0.2, 0.25) is 0 Å². The van der Waals surface area contributed by atoms with Gasteiger partial charge in [-0.1, -0.05) is 24.3 Å². The van der Waals surface area contributed by atoms with Gasteiger partial charge in [-0.3, -0.25) is 4.68 Å². The Balaban J connectivity index is 1.50. The average molecular weight is 282 g/mol. The molecule has 2 bridgehead atoms. The van der Waals surface area contributed by atoms with E-state index >= 15 is 0 Å². The highest BCUT2D eigenvalue weighted by Crippen LogP contribution is 2.40. The van der Waals surface area contributed by atoms with E-state index in [1.807, 2.05) is 7.05 Å². The predicted octanol–water partition coefficient (Wildman–Crippen LogP) is 2.10. The predicted molar refractivity (Wildman–Crippen MR) is 81.7 cm³/mol. The Labute approximate surface area is 125 Å². The molecule has 1 aromatic heterocycles. The summed E-state index contributed by atoms with van der Waals surface area (Å²) >= 11 is 0. The highest BCUT2D eigenvalue weighted by Gasteiger charge is 2.38. The lowest BCUT2D eigenvalue weighted by Gasteiger charge is -2.23. The normalized spacial score (nSPS) is 27.4. The Morgan fingerprint density at radius 2 is 1.81 bits per heavy atom. The molecule has 110 valence electrons. The monoisotopic (exact) mass is 282 g/mol. The second-order valence-corrected chi connectivity index (χ2v) is 6.52. The molecule has 2 unspecified atom stereocenters. The van der Waals surface area contributed by atoms with Crippen molar-refractivity contribution in [3.8, 4) is 0 Å². The van der Waals surface area contributed by atoms with E-state index in [0.29, 0.717) is 6.04 Å². The van der Waals surface area contributed by atoms with E-state index in [4.69, 9.17) is 0 Å². The van der Waals surface area contributed by atoms with Crippen molar-refractivity contribution in [1.29, 1.82) is 0 Å². The molecule has 1 fully saturated rings. The van der Waals surface area contributed by atoms with Crippen molar-refractivity contribution in [3.63, 3.8) is 0 Å². The van der Waals surface area contributed by atoms with E-state index in [1.54, 1.807) is 22.1 Å². The number of rotatable bonds is 3. The Morgan fingerprint density at radius 3 is 2.38 bits per heavy atom. The van der Waals surface area contributed by atoms with Crippen LogP contribution in [-0.4, -0.2) is 20.8 Å². The molecule has 1 N–H and O–H groups in total. The first-order chi connectivity index (χ1) is 10.3. The number of hydrogen-bond acceptors (Lipinski definition) is 3. The maximum atomic E-state index is 4.37. The molecule has 4 heteroatoms. The van der Waals surface area contributed by atoms with Gasteiger partial charge in [0, 0.05) is 13.1 Å². The van der Waals surface area contributed by atoms with Crippen LogP contribution in [0.3, 0.4) is 0 Å². The summed E-state index contributed by atoms with van der Waals surface area (Å²) in [7, 11) is 1.92. The van der Waals surface area contributed by atoms with E-state index in [1.165, 1.54) is 25.7 Å². The SMILES string of the molecule is Cn1cnc(CNC2C3CCC2Cc2ccccc2C3)n1. The molecular formula is C17H22N4. The summed E-state index contributed by atoms with van der Waals surface area (Å²) in [6.07, 6.45) is 6.92. The quantitative estimate of drug-likeness (QED) is 0.937. The van der Waals surface area contributed by atoms with Crippen LogP contribution in [-0.2, 0) is 26.4 Å². The molecular weight excluding hydrogens is 260 g/mol. The van der Waals surface area contributed by atoms with Crippen molar-refractivity contribution < 1.29 is 0 Å². The topological polar surface area (TPSA) is 42.7 Å². The van der Waals surface area contributed by atoms with E-state index in [2.05, 4.69) is 39.7 Å². The highest BCUT2D eigenvalue weighted by molar-refractivity contribution is 5.30. The fourth-order valence-corrected chi connectivity index (χ4v) is 4.16. The molecule has 0 amide bonds. The molecule has 2 aliphatic carbocycles. The van der Waals surface area contributed by atoms with Crippen molar-refractivity contribution >= 4 is 0 Å². The maximum Gasteiger partial charge on any atom is 0.164 e. The summed E-state index contributed by atoms with van der Waals surface area (Å²) in [4.78, 5) is 4.32. The Kier molecular flexibility index (Phi) is 3.26. The van der Waals surface area contributed by atoms with Crippen LogP contribution >= 0.6 is 0 Å². The van der Waals surface area contributed by atoms with E-state index in [9.17, 15) is 0 Å². The first-order valence-electron chi connectivity index (χ1n) is 7.94. The second-order valence-electron chi connectivity index (χ2n) is 6.52. The van der Waals surface area contributed by atoms with E-state index in [-0.39, 0.29) is 0 Å². The lowest BCUT2D eigenvalue weighted by molar-refractivity contribution is 0.337. The minimum atomic E-state index is 0.612. The van der Waals surface area contributed by atoms with Crippen molar-refractivity contribution in [3.05, 3.63) is 47.5 Å². The Bertz CT molecular complexity index is 600. The second kappa shape index (κ2) is 5.26. The van der Waals surface area contributed by atoms with Crippen molar-refractivity contribution in [1.82, 2.24) is 20.1 Å². The molecule has 2 atom stereocenters. The molecule has 2 aliphatic rings. The number of nitrogens with zero attached hydrogens (tertiary/aromatic N) is 3. The third-order valence-electron chi connectivity index (χ3n) is 5.15. The van der Waals surface area contributed by atoms with Crippen molar-refractivity contribution in [2.75, 3.05) is 0 Å². The van der Waals surface area contributed by atoms with Crippen LogP contribution in [0.15, 0.2) is 30.6 Å². The molecule has 4 rings (SSSR count). The lowest BCUT2D eigenvalue weighted by atomic mass is 9.94. The zero-order valence-corrected chi connectivity index (χ0v) is 12.5. The molecule has 4 nitrogen and oxygen atoms in total.